The molecule has 1 fully saturated rings. The maximum atomic E-state index is 13.1. The van der Waals surface area contributed by atoms with Crippen molar-refractivity contribution in [3.63, 3.8) is 0 Å². The average Bonchev–Trinajstić information content (AvgIpc) is 3.18. The van der Waals surface area contributed by atoms with Crippen LogP contribution in [0.2, 0.25) is 0 Å². The van der Waals surface area contributed by atoms with Gasteiger partial charge in [-0.05, 0) is 67.8 Å². The van der Waals surface area contributed by atoms with Crippen molar-refractivity contribution in [3.8, 4) is 11.5 Å². The number of Topliss-reactive ketones (excluding diaryl/α,β-unsaturated/α-hetero) is 1. The molecule has 7 heteroatoms. The van der Waals surface area contributed by atoms with Crippen molar-refractivity contribution in [2.45, 2.75) is 30.7 Å². The van der Waals surface area contributed by atoms with Crippen molar-refractivity contribution in [1.29, 1.82) is 0 Å². The van der Waals surface area contributed by atoms with Gasteiger partial charge in [0.15, 0.2) is 5.78 Å². The first-order chi connectivity index (χ1) is 12.9. The Hall–Kier alpha value is -2.38. The van der Waals surface area contributed by atoms with Gasteiger partial charge in [0.2, 0.25) is 10.0 Å². The Morgan fingerprint density at radius 3 is 2.37 bits per heavy atom. The highest BCUT2D eigenvalue weighted by Crippen LogP contribution is 2.30. The van der Waals surface area contributed by atoms with Gasteiger partial charge in [-0.1, -0.05) is 0 Å². The SMILES string of the molecule is COc1ccc(S(=O)(=O)N2CCCC2C(=O)c2ccc(OC)c(C)c2)cc1. The molecule has 144 valence electrons. The summed E-state index contributed by atoms with van der Waals surface area (Å²) in [6, 6.07) is 10.7. The highest BCUT2D eigenvalue weighted by atomic mass is 32.2. The second-order valence-electron chi connectivity index (χ2n) is 6.50. The van der Waals surface area contributed by atoms with E-state index in [0.29, 0.717) is 36.4 Å². The van der Waals surface area contributed by atoms with Crippen molar-refractivity contribution in [3.05, 3.63) is 53.6 Å². The summed E-state index contributed by atoms with van der Waals surface area (Å²) in [5.74, 6) is 1.09. The molecule has 0 radical (unpaired) electrons. The van der Waals surface area contributed by atoms with Crippen LogP contribution >= 0.6 is 0 Å². The molecule has 0 spiro atoms. The number of sulfonamides is 1. The predicted molar refractivity (Wildman–Crippen MR) is 102 cm³/mol. The number of rotatable bonds is 6. The zero-order chi connectivity index (χ0) is 19.6. The molecular formula is C20H23NO5S. The molecule has 0 aliphatic carbocycles. The number of hydrogen-bond donors (Lipinski definition) is 0. The second-order valence-corrected chi connectivity index (χ2v) is 8.39. The van der Waals surface area contributed by atoms with E-state index < -0.39 is 16.1 Å². The number of ether oxygens (including phenoxy) is 2. The molecule has 1 saturated heterocycles. The maximum absolute atomic E-state index is 13.1. The number of benzene rings is 2. The van der Waals surface area contributed by atoms with Crippen molar-refractivity contribution < 1.29 is 22.7 Å². The Kier molecular flexibility index (Phi) is 5.53. The fourth-order valence-electron chi connectivity index (χ4n) is 3.40. The number of carbonyl (C=O) groups is 1. The summed E-state index contributed by atoms with van der Waals surface area (Å²) < 4.78 is 37.7. The molecule has 1 aliphatic heterocycles. The summed E-state index contributed by atoms with van der Waals surface area (Å²) in [6.45, 7) is 2.19. The highest BCUT2D eigenvalue weighted by molar-refractivity contribution is 7.89. The molecule has 6 nitrogen and oxygen atoms in total. The number of aryl methyl sites for hydroxylation is 1. The van der Waals surface area contributed by atoms with Crippen molar-refractivity contribution >= 4 is 15.8 Å². The normalized spacial score (nSPS) is 17.7. The number of ketones is 1. The van der Waals surface area contributed by atoms with Crippen LogP contribution in [-0.4, -0.2) is 45.3 Å². The van der Waals surface area contributed by atoms with Gasteiger partial charge in [0.05, 0.1) is 25.2 Å². The van der Waals surface area contributed by atoms with E-state index in [1.54, 1.807) is 37.4 Å². The summed E-state index contributed by atoms with van der Waals surface area (Å²) in [4.78, 5) is 13.2. The van der Waals surface area contributed by atoms with E-state index in [1.165, 1.54) is 23.5 Å². The first-order valence-electron chi connectivity index (χ1n) is 8.73. The first-order valence-corrected chi connectivity index (χ1v) is 10.2. The maximum Gasteiger partial charge on any atom is 0.243 e. The quantitative estimate of drug-likeness (QED) is 0.710. The van der Waals surface area contributed by atoms with Gasteiger partial charge < -0.3 is 9.47 Å². The van der Waals surface area contributed by atoms with E-state index in [9.17, 15) is 13.2 Å². The number of nitrogens with zero attached hydrogens (tertiary/aromatic N) is 1. The molecule has 2 aromatic carbocycles. The van der Waals surface area contributed by atoms with Crippen LogP contribution in [0.4, 0.5) is 0 Å². The molecule has 2 aromatic rings. The van der Waals surface area contributed by atoms with Crippen LogP contribution in [-0.2, 0) is 10.0 Å². The molecule has 1 heterocycles. The van der Waals surface area contributed by atoms with Gasteiger partial charge in [0, 0.05) is 12.1 Å². The minimum absolute atomic E-state index is 0.161. The van der Waals surface area contributed by atoms with E-state index >= 15 is 0 Å². The Morgan fingerprint density at radius 1 is 1.07 bits per heavy atom. The minimum atomic E-state index is -3.76. The molecular weight excluding hydrogens is 366 g/mol. The van der Waals surface area contributed by atoms with Gasteiger partial charge in [-0.2, -0.15) is 4.31 Å². The monoisotopic (exact) mass is 389 g/mol. The van der Waals surface area contributed by atoms with Gasteiger partial charge in [0.1, 0.15) is 11.5 Å². The Morgan fingerprint density at radius 2 is 1.78 bits per heavy atom. The molecule has 0 saturated carbocycles. The fraction of sp³-hybridized carbons (Fsp3) is 0.350. The fourth-order valence-corrected chi connectivity index (χ4v) is 5.05. The van der Waals surface area contributed by atoms with E-state index in [1.807, 2.05) is 6.92 Å². The lowest BCUT2D eigenvalue weighted by Gasteiger charge is -2.23. The van der Waals surface area contributed by atoms with Gasteiger partial charge >= 0.3 is 0 Å². The first kappa shape index (κ1) is 19.4. The number of carbonyl (C=O) groups excluding carboxylic acids is 1. The second kappa shape index (κ2) is 7.70. The lowest BCUT2D eigenvalue weighted by atomic mass is 10.0. The van der Waals surface area contributed by atoms with Crippen molar-refractivity contribution in [1.82, 2.24) is 4.31 Å². The summed E-state index contributed by atoms with van der Waals surface area (Å²) in [5.41, 5.74) is 1.33. The summed E-state index contributed by atoms with van der Waals surface area (Å²) >= 11 is 0. The Bertz CT molecular complexity index is 937. The van der Waals surface area contributed by atoms with Crippen LogP contribution in [0.1, 0.15) is 28.8 Å². The lowest BCUT2D eigenvalue weighted by molar-refractivity contribution is 0.0918. The average molecular weight is 389 g/mol. The van der Waals surface area contributed by atoms with E-state index in [4.69, 9.17) is 9.47 Å². The third kappa shape index (κ3) is 3.70. The van der Waals surface area contributed by atoms with Crippen LogP contribution < -0.4 is 9.47 Å². The van der Waals surface area contributed by atoms with Crippen molar-refractivity contribution in [2.75, 3.05) is 20.8 Å². The van der Waals surface area contributed by atoms with Crippen LogP contribution in [0.5, 0.6) is 11.5 Å². The summed E-state index contributed by atoms with van der Waals surface area (Å²) in [6.07, 6.45) is 1.17. The van der Waals surface area contributed by atoms with Crippen molar-refractivity contribution in [2.24, 2.45) is 0 Å². The molecule has 1 aliphatic rings. The smallest absolute Gasteiger partial charge is 0.243 e. The molecule has 0 bridgehead atoms. The highest BCUT2D eigenvalue weighted by Gasteiger charge is 2.39. The topological polar surface area (TPSA) is 72.9 Å². The Balaban J connectivity index is 1.89. The third-order valence-corrected chi connectivity index (χ3v) is 6.77. The van der Waals surface area contributed by atoms with E-state index in [2.05, 4.69) is 0 Å². The zero-order valence-electron chi connectivity index (χ0n) is 15.6. The van der Waals surface area contributed by atoms with Crippen LogP contribution in [0.3, 0.4) is 0 Å². The largest absolute Gasteiger partial charge is 0.497 e. The molecule has 1 atom stereocenters. The standard InChI is InChI=1S/C20H23NO5S/c1-14-13-15(6-11-19(14)26-3)20(22)18-5-4-12-21(18)27(23,24)17-9-7-16(25-2)8-10-17/h6-11,13,18H,4-5,12H2,1-3H3. The third-order valence-electron chi connectivity index (χ3n) is 4.85. The molecule has 27 heavy (non-hydrogen) atoms. The Labute approximate surface area is 159 Å². The van der Waals surface area contributed by atoms with E-state index in [-0.39, 0.29) is 10.7 Å². The zero-order valence-corrected chi connectivity index (χ0v) is 16.5. The number of hydrogen-bond acceptors (Lipinski definition) is 5. The molecule has 1 unspecified atom stereocenters. The molecule has 0 aromatic heterocycles. The van der Waals surface area contributed by atoms with Gasteiger partial charge in [-0.25, -0.2) is 8.42 Å². The van der Waals surface area contributed by atoms with Gasteiger partial charge in [-0.3, -0.25) is 4.79 Å². The molecule has 0 amide bonds. The van der Waals surface area contributed by atoms with E-state index in [0.717, 1.165) is 5.56 Å². The predicted octanol–water partition coefficient (Wildman–Crippen LogP) is 3.05. The minimum Gasteiger partial charge on any atom is -0.497 e. The summed E-state index contributed by atoms with van der Waals surface area (Å²) in [5, 5.41) is 0. The lowest BCUT2D eigenvalue weighted by Crippen LogP contribution is -2.40. The van der Waals surface area contributed by atoms with Gasteiger partial charge in [-0.15, -0.1) is 0 Å². The van der Waals surface area contributed by atoms with Crippen LogP contribution in [0.15, 0.2) is 47.4 Å². The number of methoxy groups -OCH3 is 2. The van der Waals surface area contributed by atoms with Crippen LogP contribution in [0.25, 0.3) is 0 Å². The summed E-state index contributed by atoms with van der Waals surface area (Å²) in [7, 11) is -0.660. The molecule has 3 rings (SSSR count). The van der Waals surface area contributed by atoms with Crippen LogP contribution in [0, 0.1) is 6.92 Å². The molecule has 0 N–H and O–H groups in total. The van der Waals surface area contributed by atoms with Gasteiger partial charge in [0.25, 0.3) is 0 Å².